The van der Waals surface area contributed by atoms with Gasteiger partial charge in [0.25, 0.3) is 11.8 Å². The molecule has 150 valence electrons. The molecular formula is C20H28N6O2. The van der Waals surface area contributed by atoms with Crippen LogP contribution in [0.5, 0.6) is 0 Å². The van der Waals surface area contributed by atoms with Gasteiger partial charge in [0.2, 0.25) is 0 Å². The molecule has 1 unspecified atom stereocenters. The lowest BCUT2D eigenvalue weighted by atomic mass is 9.92. The Bertz CT molecular complexity index is 833. The van der Waals surface area contributed by atoms with E-state index >= 15 is 0 Å². The van der Waals surface area contributed by atoms with Crippen LogP contribution in [0.1, 0.15) is 71.1 Å². The summed E-state index contributed by atoms with van der Waals surface area (Å²) < 4.78 is 1.75. The quantitative estimate of drug-likeness (QED) is 0.879. The van der Waals surface area contributed by atoms with Gasteiger partial charge in [-0.15, -0.1) is 0 Å². The number of carbonyl (C=O) groups is 2. The van der Waals surface area contributed by atoms with Crippen molar-refractivity contribution in [2.45, 2.75) is 44.4 Å². The van der Waals surface area contributed by atoms with Gasteiger partial charge < -0.3 is 14.4 Å². The van der Waals surface area contributed by atoms with Crippen LogP contribution in [0, 0.1) is 0 Å². The van der Waals surface area contributed by atoms with Crippen molar-refractivity contribution in [2.75, 3.05) is 26.2 Å². The normalized spacial score (nSPS) is 20.8. The molecule has 2 saturated heterocycles. The van der Waals surface area contributed by atoms with Crippen LogP contribution in [0.2, 0.25) is 0 Å². The van der Waals surface area contributed by atoms with E-state index in [0.717, 1.165) is 44.5 Å². The number of hydrogen-bond donors (Lipinski definition) is 1. The van der Waals surface area contributed by atoms with E-state index in [1.165, 1.54) is 12.8 Å². The Hall–Kier alpha value is -2.64. The molecule has 0 bridgehead atoms. The molecule has 2 aromatic heterocycles. The fraction of sp³-hybridized carbons (Fsp3) is 0.600. The molecule has 4 heterocycles. The first-order valence-electron chi connectivity index (χ1n) is 10.2. The van der Waals surface area contributed by atoms with E-state index in [0.29, 0.717) is 24.5 Å². The highest BCUT2D eigenvalue weighted by molar-refractivity contribution is 5.95. The monoisotopic (exact) mass is 384 g/mol. The van der Waals surface area contributed by atoms with Crippen LogP contribution in [0.3, 0.4) is 0 Å². The summed E-state index contributed by atoms with van der Waals surface area (Å²) in [6, 6.07) is 0. The van der Waals surface area contributed by atoms with Gasteiger partial charge in [-0.2, -0.15) is 5.10 Å². The van der Waals surface area contributed by atoms with Crippen molar-refractivity contribution < 1.29 is 9.59 Å². The van der Waals surface area contributed by atoms with E-state index in [-0.39, 0.29) is 17.7 Å². The molecule has 2 aromatic rings. The maximum Gasteiger partial charge on any atom is 0.289 e. The second-order valence-electron chi connectivity index (χ2n) is 7.86. The second kappa shape index (κ2) is 8.16. The average Bonchev–Trinajstić information content (AvgIpc) is 3.28. The number of aryl methyl sites for hydroxylation is 1. The van der Waals surface area contributed by atoms with Crippen LogP contribution in [-0.2, 0) is 7.05 Å². The average molecular weight is 384 g/mol. The minimum Gasteiger partial charge on any atom is -0.339 e. The summed E-state index contributed by atoms with van der Waals surface area (Å²) in [6.45, 7) is 2.93. The number of rotatable bonds is 3. The van der Waals surface area contributed by atoms with Crippen molar-refractivity contribution in [3.8, 4) is 0 Å². The van der Waals surface area contributed by atoms with Crippen molar-refractivity contribution in [3.63, 3.8) is 0 Å². The van der Waals surface area contributed by atoms with Gasteiger partial charge in [0.05, 0.1) is 17.5 Å². The van der Waals surface area contributed by atoms with Gasteiger partial charge >= 0.3 is 0 Å². The summed E-state index contributed by atoms with van der Waals surface area (Å²) in [5.74, 6) is 0.549. The number of nitrogens with one attached hydrogen (secondary N) is 1. The number of aromatic nitrogens is 4. The molecular weight excluding hydrogens is 356 g/mol. The van der Waals surface area contributed by atoms with Crippen LogP contribution < -0.4 is 0 Å². The van der Waals surface area contributed by atoms with Crippen molar-refractivity contribution >= 4 is 11.8 Å². The van der Waals surface area contributed by atoms with Crippen LogP contribution in [0.15, 0.2) is 18.6 Å². The van der Waals surface area contributed by atoms with E-state index in [2.05, 4.69) is 15.2 Å². The molecule has 0 radical (unpaired) electrons. The van der Waals surface area contributed by atoms with Crippen molar-refractivity contribution in [3.05, 3.63) is 35.7 Å². The summed E-state index contributed by atoms with van der Waals surface area (Å²) >= 11 is 0. The lowest BCUT2D eigenvalue weighted by molar-refractivity contribution is 0.0689. The molecule has 0 aromatic carbocycles. The zero-order valence-corrected chi connectivity index (χ0v) is 16.4. The second-order valence-corrected chi connectivity index (χ2v) is 7.86. The molecule has 2 amide bonds. The van der Waals surface area contributed by atoms with Crippen LogP contribution >= 0.6 is 0 Å². The molecule has 1 atom stereocenters. The fourth-order valence-corrected chi connectivity index (χ4v) is 4.33. The number of imidazole rings is 1. The van der Waals surface area contributed by atoms with Crippen LogP contribution in [0.25, 0.3) is 0 Å². The molecule has 0 saturated carbocycles. The Morgan fingerprint density at radius 2 is 1.79 bits per heavy atom. The molecule has 2 aliphatic rings. The smallest absolute Gasteiger partial charge is 0.289 e. The summed E-state index contributed by atoms with van der Waals surface area (Å²) in [5.41, 5.74) is 1.53. The van der Waals surface area contributed by atoms with Gasteiger partial charge in [0.15, 0.2) is 5.82 Å². The number of nitrogens with zero attached hydrogens (tertiary/aromatic N) is 5. The van der Waals surface area contributed by atoms with E-state index in [4.69, 9.17) is 0 Å². The van der Waals surface area contributed by atoms with Gasteiger partial charge in [-0.3, -0.25) is 14.7 Å². The number of carbonyl (C=O) groups excluding carboxylic acids is 2. The van der Waals surface area contributed by atoms with E-state index in [9.17, 15) is 9.59 Å². The van der Waals surface area contributed by atoms with E-state index in [1.807, 2.05) is 16.8 Å². The lowest BCUT2D eigenvalue weighted by Gasteiger charge is -2.32. The molecule has 8 nitrogen and oxygen atoms in total. The zero-order chi connectivity index (χ0) is 19.5. The molecule has 0 spiro atoms. The largest absolute Gasteiger partial charge is 0.339 e. The van der Waals surface area contributed by atoms with Crippen LogP contribution in [0.4, 0.5) is 0 Å². The zero-order valence-electron chi connectivity index (χ0n) is 16.4. The summed E-state index contributed by atoms with van der Waals surface area (Å²) in [7, 11) is 1.83. The van der Waals surface area contributed by atoms with Crippen LogP contribution in [-0.4, -0.2) is 67.5 Å². The summed E-state index contributed by atoms with van der Waals surface area (Å²) in [6.07, 6.45) is 11.4. The number of hydrogen-bond acceptors (Lipinski definition) is 4. The Balaban J connectivity index is 1.50. The highest BCUT2D eigenvalue weighted by Gasteiger charge is 2.31. The summed E-state index contributed by atoms with van der Waals surface area (Å²) in [5, 5.41) is 7.24. The highest BCUT2D eigenvalue weighted by Crippen LogP contribution is 2.29. The number of amides is 2. The third-order valence-electron chi connectivity index (χ3n) is 5.92. The third-order valence-corrected chi connectivity index (χ3v) is 5.92. The molecule has 1 N–H and O–H groups in total. The van der Waals surface area contributed by atoms with Gasteiger partial charge in [-0.1, -0.05) is 12.8 Å². The first-order chi connectivity index (χ1) is 13.6. The first-order valence-corrected chi connectivity index (χ1v) is 10.2. The maximum atomic E-state index is 13.1. The fourth-order valence-electron chi connectivity index (χ4n) is 4.33. The molecule has 28 heavy (non-hydrogen) atoms. The third kappa shape index (κ3) is 3.68. The van der Waals surface area contributed by atoms with Gasteiger partial charge in [0, 0.05) is 51.5 Å². The first kappa shape index (κ1) is 18.7. The van der Waals surface area contributed by atoms with Crippen molar-refractivity contribution in [1.82, 2.24) is 29.5 Å². The number of aromatic amines is 1. The van der Waals surface area contributed by atoms with Gasteiger partial charge in [-0.25, -0.2) is 4.98 Å². The Morgan fingerprint density at radius 1 is 1.04 bits per heavy atom. The molecule has 4 rings (SSSR count). The maximum absolute atomic E-state index is 13.1. The minimum absolute atomic E-state index is 0.0582. The SMILES string of the molecule is Cn1ccnc1C(=O)N1CCCC(c2[nH]ncc2C(=O)N2CCCCCC2)C1. The predicted octanol–water partition coefficient (Wildman–Crippen LogP) is 2.18. The molecule has 0 aliphatic carbocycles. The summed E-state index contributed by atoms with van der Waals surface area (Å²) in [4.78, 5) is 33.9. The molecule has 2 fully saturated rings. The Kier molecular flexibility index (Phi) is 5.45. The number of piperidine rings is 1. The molecule has 8 heteroatoms. The topological polar surface area (TPSA) is 87.1 Å². The standard InChI is InChI=1S/C20H28N6O2/c1-24-12-8-21-18(24)20(28)26-11-6-7-15(14-26)17-16(13-22-23-17)19(27)25-9-4-2-3-5-10-25/h8,12-13,15H,2-7,9-11,14H2,1H3,(H,22,23). The number of likely N-dealkylation sites (tertiary alicyclic amines) is 2. The Morgan fingerprint density at radius 3 is 2.50 bits per heavy atom. The van der Waals surface area contributed by atoms with Gasteiger partial charge in [-0.05, 0) is 25.7 Å². The van der Waals surface area contributed by atoms with Crippen molar-refractivity contribution in [2.24, 2.45) is 7.05 Å². The Labute approximate surface area is 164 Å². The van der Waals surface area contributed by atoms with E-state index < -0.39 is 0 Å². The van der Waals surface area contributed by atoms with Gasteiger partial charge in [0.1, 0.15) is 0 Å². The number of H-pyrrole nitrogens is 1. The predicted molar refractivity (Wildman–Crippen MR) is 104 cm³/mol. The highest BCUT2D eigenvalue weighted by atomic mass is 16.2. The minimum atomic E-state index is -0.0582. The molecule has 2 aliphatic heterocycles. The van der Waals surface area contributed by atoms with E-state index in [1.54, 1.807) is 23.2 Å². The lowest BCUT2D eigenvalue weighted by Crippen LogP contribution is -2.41. The van der Waals surface area contributed by atoms with Crippen molar-refractivity contribution in [1.29, 1.82) is 0 Å².